The number of rotatable bonds is 8. The molecule has 0 bridgehead atoms. The predicted octanol–water partition coefficient (Wildman–Crippen LogP) is 3.52. The van der Waals surface area contributed by atoms with Crippen LogP contribution in [0.4, 0.5) is 0 Å². The molecular weight excluding hydrogens is 404 g/mol. The van der Waals surface area contributed by atoms with E-state index in [0.29, 0.717) is 24.8 Å². The Balaban J connectivity index is 1.59. The maximum absolute atomic E-state index is 12.4. The van der Waals surface area contributed by atoms with Crippen LogP contribution in [0.2, 0.25) is 0 Å². The second-order valence-corrected chi connectivity index (χ2v) is 8.59. The van der Waals surface area contributed by atoms with Gasteiger partial charge in [0.05, 0.1) is 24.4 Å². The fourth-order valence-electron chi connectivity index (χ4n) is 3.22. The van der Waals surface area contributed by atoms with Crippen molar-refractivity contribution in [2.45, 2.75) is 38.7 Å². The van der Waals surface area contributed by atoms with Crippen molar-refractivity contribution in [2.24, 2.45) is 0 Å². The first kappa shape index (κ1) is 22.2. The number of esters is 1. The highest BCUT2D eigenvalue weighted by Crippen LogP contribution is 2.29. The number of morpholine rings is 1. The number of aromatic nitrogens is 1. The summed E-state index contributed by atoms with van der Waals surface area (Å²) >= 11 is 1.64. The Morgan fingerprint density at radius 1 is 1.30 bits per heavy atom. The highest BCUT2D eigenvalue weighted by molar-refractivity contribution is 7.09. The number of hydrogen-bond acceptors (Lipinski definition) is 7. The molecule has 0 saturated carbocycles. The van der Waals surface area contributed by atoms with E-state index in [1.807, 2.05) is 34.5 Å². The number of ether oxygens (including phenoxy) is 3. The van der Waals surface area contributed by atoms with Crippen LogP contribution in [0.25, 0.3) is 0 Å². The van der Waals surface area contributed by atoms with Crippen LogP contribution in [0.1, 0.15) is 55.0 Å². The second-order valence-electron chi connectivity index (χ2n) is 7.70. The van der Waals surface area contributed by atoms with Gasteiger partial charge in [-0.3, -0.25) is 4.79 Å². The van der Waals surface area contributed by atoms with Gasteiger partial charge in [0.1, 0.15) is 18.5 Å². The third-order valence-corrected chi connectivity index (χ3v) is 6.20. The van der Waals surface area contributed by atoms with Crippen LogP contribution in [0.5, 0.6) is 5.75 Å². The van der Waals surface area contributed by atoms with Gasteiger partial charge in [-0.2, -0.15) is 0 Å². The monoisotopic (exact) mass is 432 g/mol. The summed E-state index contributed by atoms with van der Waals surface area (Å²) in [5, 5.41) is 3.12. The highest BCUT2D eigenvalue weighted by Gasteiger charge is 2.30. The molecule has 1 aromatic heterocycles. The summed E-state index contributed by atoms with van der Waals surface area (Å²) in [5.74, 6) is 0.695. The van der Waals surface area contributed by atoms with Crippen molar-refractivity contribution in [2.75, 3.05) is 33.4 Å². The topological polar surface area (TPSA) is 78.0 Å². The molecule has 8 heteroatoms. The van der Waals surface area contributed by atoms with Crippen molar-refractivity contribution in [1.29, 1.82) is 0 Å². The Morgan fingerprint density at radius 3 is 2.67 bits per heavy atom. The zero-order chi connectivity index (χ0) is 21.7. The van der Waals surface area contributed by atoms with Crippen molar-refractivity contribution in [3.05, 3.63) is 45.9 Å². The molecule has 0 radical (unpaired) electrons. The average Bonchev–Trinajstić information content (AvgIpc) is 3.24. The number of nitrogens with zero attached hydrogens (tertiary/aromatic N) is 2. The summed E-state index contributed by atoms with van der Waals surface area (Å²) in [6, 6.07) is 7.55. The van der Waals surface area contributed by atoms with Gasteiger partial charge >= 0.3 is 5.97 Å². The lowest BCUT2D eigenvalue weighted by molar-refractivity contribution is -0.149. The van der Waals surface area contributed by atoms with Crippen LogP contribution in [-0.4, -0.2) is 55.2 Å². The first-order valence-electron chi connectivity index (χ1n) is 10.0. The van der Waals surface area contributed by atoms with E-state index in [2.05, 4.69) is 30.5 Å². The highest BCUT2D eigenvalue weighted by atomic mass is 32.1. The zero-order valence-electron chi connectivity index (χ0n) is 17.8. The Labute approximate surface area is 181 Å². The fraction of sp³-hybridized carbons (Fsp3) is 0.500. The van der Waals surface area contributed by atoms with E-state index in [1.54, 1.807) is 11.3 Å². The maximum Gasteiger partial charge on any atom is 0.343 e. The number of thiazole rings is 1. The second kappa shape index (κ2) is 10.0. The van der Waals surface area contributed by atoms with Crippen LogP contribution in [0.15, 0.2) is 29.6 Å². The van der Waals surface area contributed by atoms with Crippen molar-refractivity contribution >= 4 is 23.2 Å². The molecule has 0 spiro atoms. The molecule has 1 fully saturated rings. The van der Waals surface area contributed by atoms with Gasteiger partial charge in [-0.05, 0) is 23.6 Å². The van der Waals surface area contributed by atoms with E-state index in [9.17, 15) is 9.59 Å². The van der Waals surface area contributed by atoms with Crippen LogP contribution in [0.3, 0.4) is 0 Å². The third-order valence-electron chi connectivity index (χ3n) is 5.04. The van der Waals surface area contributed by atoms with E-state index < -0.39 is 5.97 Å². The minimum atomic E-state index is -0.423. The summed E-state index contributed by atoms with van der Waals surface area (Å²) in [5.41, 5.74) is 1.99. The Hall–Kier alpha value is -2.45. The Morgan fingerprint density at radius 2 is 2.03 bits per heavy atom. The molecule has 1 aromatic carbocycles. The first-order valence-corrected chi connectivity index (χ1v) is 10.9. The third kappa shape index (κ3) is 5.58. The lowest BCUT2D eigenvalue weighted by atomic mass is 10.00. The minimum Gasteiger partial charge on any atom is -0.482 e. The molecule has 3 rings (SSSR count). The summed E-state index contributed by atoms with van der Waals surface area (Å²) < 4.78 is 15.7. The number of benzene rings is 1. The van der Waals surface area contributed by atoms with Crippen molar-refractivity contribution in [3.63, 3.8) is 0 Å². The normalized spacial score (nSPS) is 17.8. The Bertz CT molecular complexity index is 865. The number of methoxy groups -OCH3 is 1. The van der Waals surface area contributed by atoms with Gasteiger partial charge in [0, 0.05) is 17.8 Å². The molecule has 2 atom stereocenters. The molecule has 162 valence electrons. The average molecular weight is 433 g/mol. The number of amides is 1. The molecule has 1 amide bonds. The van der Waals surface area contributed by atoms with Crippen molar-refractivity contribution in [1.82, 2.24) is 9.88 Å². The number of carbonyl (C=O) groups is 2. The summed E-state index contributed by atoms with van der Waals surface area (Å²) in [4.78, 5) is 30.1. The van der Waals surface area contributed by atoms with Crippen molar-refractivity contribution < 1.29 is 23.8 Å². The molecule has 2 aromatic rings. The fourth-order valence-corrected chi connectivity index (χ4v) is 4.09. The molecule has 7 nitrogen and oxygen atoms in total. The van der Waals surface area contributed by atoms with Gasteiger partial charge in [0.15, 0.2) is 6.61 Å². The Kier molecular flexibility index (Phi) is 7.44. The zero-order valence-corrected chi connectivity index (χ0v) is 18.6. The summed E-state index contributed by atoms with van der Waals surface area (Å²) in [6.07, 6.45) is -0.187. The lowest BCUT2D eigenvalue weighted by Crippen LogP contribution is -2.44. The SMILES string of the molecule is COC(=O)COc1ccc(C(C)CN2CC(c3csc(C(C)C)n3)OCC2=O)cc1. The number of hydrogen-bond donors (Lipinski definition) is 0. The molecule has 1 saturated heterocycles. The summed E-state index contributed by atoms with van der Waals surface area (Å²) in [6.45, 7) is 7.38. The maximum atomic E-state index is 12.4. The van der Waals surface area contributed by atoms with E-state index in [0.717, 1.165) is 16.3 Å². The van der Waals surface area contributed by atoms with Gasteiger partial charge in [-0.1, -0.05) is 32.9 Å². The molecule has 2 unspecified atom stereocenters. The number of carbonyl (C=O) groups excluding carboxylic acids is 2. The molecular formula is C22H28N2O5S. The molecule has 0 N–H and O–H groups in total. The predicted molar refractivity (Wildman–Crippen MR) is 114 cm³/mol. The lowest BCUT2D eigenvalue weighted by Gasteiger charge is -2.34. The molecule has 1 aliphatic rings. The molecule has 0 aliphatic carbocycles. The molecule has 30 heavy (non-hydrogen) atoms. The summed E-state index contributed by atoms with van der Waals surface area (Å²) in [7, 11) is 1.33. The van der Waals surface area contributed by atoms with Crippen LogP contribution in [-0.2, 0) is 19.1 Å². The van der Waals surface area contributed by atoms with Crippen molar-refractivity contribution in [3.8, 4) is 5.75 Å². The van der Waals surface area contributed by atoms with Crippen LogP contribution < -0.4 is 4.74 Å². The smallest absolute Gasteiger partial charge is 0.343 e. The van der Waals surface area contributed by atoms with E-state index in [1.165, 1.54) is 7.11 Å². The van der Waals surface area contributed by atoms with E-state index >= 15 is 0 Å². The van der Waals surface area contributed by atoms with E-state index in [4.69, 9.17) is 9.47 Å². The standard InChI is InChI=1S/C22H28N2O5S/c1-14(2)22-23-18(13-30-22)19-10-24(20(25)11-29-19)9-15(3)16-5-7-17(8-6-16)28-12-21(26)27-4/h5-8,13-15,19H,9-12H2,1-4H3. The van der Waals surface area contributed by atoms with Gasteiger partial charge in [0.25, 0.3) is 0 Å². The largest absolute Gasteiger partial charge is 0.482 e. The molecule has 2 heterocycles. The van der Waals surface area contributed by atoms with Crippen LogP contribution in [0, 0.1) is 0 Å². The quantitative estimate of drug-likeness (QED) is 0.594. The van der Waals surface area contributed by atoms with E-state index in [-0.39, 0.29) is 31.1 Å². The molecule has 1 aliphatic heterocycles. The van der Waals surface area contributed by atoms with Gasteiger partial charge < -0.3 is 19.1 Å². The minimum absolute atomic E-state index is 0.00422. The van der Waals surface area contributed by atoms with Gasteiger partial charge in [-0.25, -0.2) is 9.78 Å². The van der Waals surface area contributed by atoms with Crippen LogP contribution >= 0.6 is 11.3 Å². The van der Waals surface area contributed by atoms with Gasteiger partial charge in [0.2, 0.25) is 5.91 Å². The van der Waals surface area contributed by atoms with Gasteiger partial charge in [-0.15, -0.1) is 11.3 Å². The first-order chi connectivity index (χ1) is 14.4.